The highest BCUT2D eigenvalue weighted by atomic mass is 16.5. The van der Waals surface area contributed by atoms with Crippen LogP contribution in [0.15, 0.2) is 24.3 Å². The molecule has 0 aliphatic carbocycles. The van der Waals surface area contributed by atoms with E-state index in [4.69, 9.17) is 9.47 Å². The fourth-order valence-electron chi connectivity index (χ4n) is 2.26. The van der Waals surface area contributed by atoms with Crippen LogP contribution in [0.3, 0.4) is 0 Å². The van der Waals surface area contributed by atoms with Gasteiger partial charge in [-0.25, -0.2) is 0 Å². The lowest BCUT2D eigenvalue weighted by Gasteiger charge is -2.31. The van der Waals surface area contributed by atoms with Crippen molar-refractivity contribution in [2.45, 2.75) is 26.2 Å². The molecule has 0 atom stereocenters. The van der Waals surface area contributed by atoms with Crippen molar-refractivity contribution in [3.63, 3.8) is 0 Å². The molecule has 0 aromatic heterocycles. The van der Waals surface area contributed by atoms with Gasteiger partial charge in [-0.2, -0.15) is 0 Å². The number of carbonyl (C=O) groups is 1. The minimum Gasteiger partial charge on any atom is -0.490 e. The standard InChI is InChI=1S/C15H21NO3/c1-2-18-15(17)9-5-6-10-16-11-12-19-14-8-4-3-7-13(14)16/h3-4,7-8H,2,5-6,9-12H2,1H3. The number of hydrogen-bond acceptors (Lipinski definition) is 4. The van der Waals surface area contributed by atoms with E-state index in [0.29, 0.717) is 13.0 Å². The summed E-state index contributed by atoms with van der Waals surface area (Å²) in [5.74, 6) is 0.865. The summed E-state index contributed by atoms with van der Waals surface area (Å²) in [7, 11) is 0. The van der Waals surface area contributed by atoms with Crippen LogP contribution in [0.4, 0.5) is 5.69 Å². The van der Waals surface area contributed by atoms with Crippen molar-refractivity contribution >= 4 is 11.7 Å². The van der Waals surface area contributed by atoms with Gasteiger partial charge in [0.1, 0.15) is 12.4 Å². The maximum Gasteiger partial charge on any atom is 0.305 e. The first-order valence-electron chi connectivity index (χ1n) is 6.93. The Balaban J connectivity index is 1.77. The van der Waals surface area contributed by atoms with E-state index in [1.54, 1.807) is 0 Å². The maximum absolute atomic E-state index is 11.2. The van der Waals surface area contributed by atoms with Gasteiger partial charge < -0.3 is 14.4 Å². The second kappa shape index (κ2) is 7.02. The van der Waals surface area contributed by atoms with E-state index in [0.717, 1.165) is 44.0 Å². The number of rotatable bonds is 6. The molecule has 1 aromatic carbocycles. The Labute approximate surface area is 114 Å². The minimum atomic E-state index is -0.0927. The van der Waals surface area contributed by atoms with Crippen molar-refractivity contribution in [2.24, 2.45) is 0 Å². The third kappa shape index (κ3) is 3.88. The third-order valence-corrected chi connectivity index (χ3v) is 3.19. The normalized spacial score (nSPS) is 13.6. The van der Waals surface area contributed by atoms with Crippen LogP contribution in [0.5, 0.6) is 5.75 Å². The summed E-state index contributed by atoms with van der Waals surface area (Å²) in [4.78, 5) is 13.6. The highest BCUT2D eigenvalue weighted by Gasteiger charge is 2.16. The molecule has 0 saturated heterocycles. The summed E-state index contributed by atoms with van der Waals surface area (Å²) in [6.07, 6.45) is 2.38. The summed E-state index contributed by atoms with van der Waals surface area (Å²) in [6.45, 7) is 4.91. The van der Waals surface area contributed by atoms with Crippen LogP contribution in [-0.4, -0.2) is 32.3 Å². The van der Waals surface area contributed by atoms with Gasteiger partial charge in [-0.05, 0) is 31.9 Å². The molecule has 0 fully saturated rings. The highest BCUT2D eigenvalue weighted by Crippen LogP contribution is 2.30. The molecule has 2 rings (SSSR count). The Hall–Kier alpha value is -1.71. The van der Waals surface area contributed by atoms with Gasteiger partial charge in [0.05, 0.1) is 18.8 Å². The number of nitrogens with zero attached hydrogens (tertiary/aromatic N) is 1. The maximum atomic E-state index is 11.2. The van der Waals surface area contributed by atoms with Crippen molar-refractivity contribution < 1.29 is 14.3 Å². The van der Waals surface area contributed by atoms with Crippen molar-refractivity contribution in [3.8, 4) is 5.75 Å². The van der Waals surface area contributed by atoms with E-state index in [9.17, 15) is 4.79 Å². The van der Waals surface area contributed by atoms with Crippen LogP contribution >= 0.6 is 0 Å². The molecule has 19 heavy (non-hydrogen) atoms. The van der Waals surface area contributed by atoms with Gasteiger partial charge in [-0.15, -0.1) is 0 Å². The van der Waals surface area contributed by atoms with Crippen LogP contribution in [-0.2, 0) is 9.53 Å². The van der Waals surface area contributed by atoms with Crippen LogP contribution in [0.2, 0.25) is 0 Å². The zero-order chi connectivity index (χ0) is 13.5. The van der Waals surface area contributed by atoms with Gasteiger partial charge in [0.15, 0.2) is 0 Å². The number of anilines is 1. The minimum absolute atomic E-state index is 0.0927. The topological polar surface area (TPSA) is 38.8 Å². The van der Waals surface area contributed by atoms with E-state index >= 15 is 0 Å². The van der Waals surface area contributed by atoms with Crippen molar-refractivity contribution in [2.75, 3.05) is 31.2 Å². The fourth-order valence-corrected chi connectivity index (χ4v) is 2.26. The molecule has 0 saturated carbocycles. The second-order valence-corrected chi connectivity index (χ2v) is 4.57. The number of hydrogen-bond donors (Lipinski definition) is 0. The molecule has 4 nitrogen and oxygen atoms in total. The molecular formula is C15H21NO3. The largest absolute Gasteiger partial charge is 0.490 e. The predicted octanol–water partition coefficient (Wildman–Crippen LogP) is 2.62. The molecule has 4 heteroatoms. The zero-order valence-electron chi connectivity index (χ0n) is 11.4. The molecule has 0 radical (unpaired) electrons. The number of esters is 1. The van der Waals surface area contributed by atoms with Gasteiger partial charge in [-0.3, -0.25) is 4.79 Å². The number of benzene rings is 1. The van der Waals surface area contributed by atoms with Gasteiger partial charge in [0, 0.05) is 13.0 Å². The van der Waals surface area contributed by atoms with Gasteiger partial charge >= 0.3 is 5.97 Å². The highest BCUT2D eigenvalue weighted by molar-refractivity contribution is 5.69. The molecular weight excluding hydrogens is 242 g/mol. The lowest BCUT2D eigenvalue weighted by molar-refractivity contribution is -0.143. The molecule has 0 amide bonds. The first-order chi connectivity index (χ1) is 9.31. The summed E-state index contributed by atoms with van der Waals surface area (Å²) in [6, 6.07) is 8.10. The van der Waals surface area contributed by atoms with Crippen molar-refractivity contribution in [1.29, 1.82) is 0 Å². The number of carbonyl (C=O) groups excluding carboxylic acids is 1. The first-order valence-corrected chi connectivity index (χ1v) is 6.93. The van der Waals surface area contributed by atoms with E-state index in [2.05, 4.69) is 11.0 Å². The average Bonchev–Trinajstić information content (AvgIpc) is 2.44. The molecule has 0 N–H and O–H groups in total. The molecule has 1 aliphatic rings. The van der Waals surface area contributed by atoms with Gasteiger partial charge in [0.25, 0.3) is 0 Å². The monoisotopic (exact) mass is 263 g/mol. The number of para-hydroxylation sites is 2. The third-order valence-electron chi connectivity index (χ3n) is 3.19. The van der Waals surface area contributed by atoms with E-state index in [-0.39, 0.29) is 5.97 Å². The van der Waals surface area contributed by atoms with Crippen LogP contribution in [0.1, 0.15) is 26.2 Å². The summed E-state index contributed by atoms with van der Waals surface area (Å²) >= 11 is 0. The lowest BCUT2D eigenvalue weighted by Crippen LogP contribution is -2.33. The number of unbranched alkanes of at least 4 members (excludes halogenated alkanes) is 1. The summed E-state index contributed by atoms with van der Waals surface area (Å²) in [5.41, 5.74) is 1.16. The van der Waals surface area contributed by atoms with Crippen LogP contribution in [0, 0.1) is 0 Å². The van der Waals surface area contributed by atoms with Crippen LogP contribution < -0.4 is 9.64 Å². The Kier molecular flexibility index (Phi) is 5.07. The fraction of sp³-hybridized carbons (Fsp3) is 0.533. The summed E-state index contributed by atoms with van der Waals surface area (Å²) < 4.78 is 10.5. The Morgan fingerprint density at radius 1 is 1.37 bits per heavy atom. The Morgan fingerprint density at radius 3 is 3.05 bits per heavy atom. The predicted molar refractivity (Wildman–Crippen MR) is 74.6 cm³/mol. The van der Waals surface area contributed by atoms with E-state index < -0.39 is 0 Å². The molecule has 0 spiro atoms. The molecule has 1 aromatic rings. The first kappa shape index (κ1) is 13.7. The SMILES string of the molecule is CCOC(=O)CCCCN1CCOc2ccccc21. The second-order valence-electron chi connectivity index (χ2n) is 4.57. The zero-order valence-corrected chi connectivity index (χ0v) is 11.4. The summed E-state index contributed by atoms with van der Waals surface area (Å²) in [5, 5.41) is 0. The van der Waals surface area contributed by atoms with E-state index in [1.165, 1.54) is 0 Å². The van der Waals surface area contributed by atoms with Crippen molar-refractivity contribution in [1.82, 2.24) is 0 Å². The average molecular weight is 263 g/mol. The smallest absolute Gasteiger partial charge is 0.305 e. The van der Waals surface area contributed by atoms with E-state index in [1.807, 2.05) is 25.1 Å². The number of fused-ring (bicyclic) bond motifs is 1. The Morgan fingerprint density at radius 2 is 2.21 bits per heavy atom. The molecule has 0 bridgehead atoms. The molecule has 1 heterocycles. The van der Waals surface area contributed by atoms with Gasteiger partial charge in [-0.1, -0.05) is 12.1 Å². The molecule has 0 unspecified atom stereocenters. The molecule has 104 valence electrons. The van der Waals surface area contributed by atoms with Crippen LogP contribution in [0.25, 0.3) is 0 Å². The molecule has 1 aliphatic heterocycles. The Bertz CT molecular complexity index is 420. The number of ether oxygens (including phenoxy) is 2. The quantitative estimate of drug-likeness (QED) is 0.584. The van der Waals surface area contributed by atoms with Gasteiger partial charge in [0.2, 0.25) is 0 Å². The lowest BCUT2D eigenvalue weighted by atomic mass is 10.2. The van der Waals surface area contributed by atoms with Crippen molar-refractivity contribution in [3.05, 3.63) is 24.3 Å².